The van der Waals surface area contributed by atoms with Gasteiger partial charge in [0.1, 0.15) is 0 Å². The number of nitrogens with one attached hydrogen (secondary N) is 1. The van der Waals surface area contributed by atoms with Gasteiger partial charge < -0.3 is 10.1 Å². The lowest BCUT2D eigenvalue weighted by Gasteiger charge is -2.09. The molecule has 0 fully saturated rings. The number of ether oxygens (including phenoxy) is 1. The van der Waals surface area contributed by atoms with Crippen molar-refractivity contribution in [1.29, 1.82) is 0 Å². The van der Waals surface area contributed by atoms with E-state index >= 15 is 0 Å². The Hall–Kier alpha value is -2.05. The summed E-state index contributed by atoms with van der Waals surface area (Å²) in [4.78, 5) is 23.6. The molecule has 1 aromatic carbocycles. The van der Waals surface area contributed by atoms with E-state index in [-0.39, 0.29) is 18.5 Å². The summed E-state index contributed by atoms with van der Waals surface area (Å²) in [5, 5.41) is 2.44. The predicted molar refractivity (Wildman–Crippen MR) is 107 cm³/mol. The zero-order valence-corrected chi connectivity index (χ0v) is 17.2. The molecule has 0 aliphatic carbocycles. The molecule has 0 radical (unpaired) electrons. The zero-order chi connectivity index (χ0) is 21.5. The molecule has 0 bridgehead atoms. The van der Waals surface area contributed by atoms with Gasteiger partial charge in [0.25, 0.3) is 5.91 Å². The molecule has 1 N–H and O–H groups in total. The molecule has 0 saturated carbocycles. The maximum Gasteiger partial charge on any atom is 0.416 e. The SMILES string of the molecule is CCCCCCCCCCCOC(=O)CCNC(=O)c1cccc(C(F)(F)F)c1. The third kappa shape index (κ3) is 11.5. The summed E-state index contributed by atoms with van der Waals surface area (Å²) in [6.07, 6.45) is 6.06. The van der Waals surface area contributed by atoms with Gasteiger partial charge in [-0.3, -0.25) is 9.59 Å². The van der Waals surface area contributed by atoms with Crippen LogP contribution in [0.25, 0.3) is 0 Å². The Labute approximate surface area is 171 Å². The van der Waals surface area contributed by atoms with Crippen molar-refractivity contribution in [2.45, 2.75) is 77.3 Å². The number of halogens is 3. The number of hydrogen-bond donors (Lipinski definition) is 1. The number of benzene rings is 1. The van der Waals surface area contributed by atoms with Gasteiger partial charge >= 0.3 is 12.1 Å². The second-order valence-corrected chi connectivity index (χ2v) is 7.13. The standard InChI is InChI=1S/C22H32F3NO3/c1-2-3-4-5-6-7-8-9-10-16-29-20(27)14-15-26-21(28)18-12-11-13-19(17-18)22(23,24)25/h11-13,17H,2-10,14-16H2,1H3,(H,26,28). The van der Waals surface area contributed by atoms with Gasteiger partial charge in [0, 0.05) is 12.1 Å². The first kappa shape index (κ1) is 25.0. The van der Waals surface area contributed by atoms with E-state index in [0.29, 0.717) is 6.61 Å². The first-order valence-corrected chi connectivity index (χ1v) is 10.5. The van der Waals surface area contributed by atoms with Crippen molar-refractivity contribution in [3.8, 4) is 0 Å². The van der Waals surface area contributed by atoms with E-state index < -0.39 is 23.6 Å². The molecule has 0 saturated heterocycles. The molecule has 0 unspecified atom stereocenters. The topological polar surface area (TPSA) is 55.4 Å². The Bertz CT molecular complexity index is 618. The van der Waals surface area contributed by atoms with Crippen molar-refractivity contribution < 1.29 is 27.5 Å². The van der Waals surface area contributed by atoms with Crippen LogP contribution in [0.5, 0.6) is 0 Å². The molecule has 29 heavy (non-hydrogen) atoms. The van der Waals surface area contributed by atoms with Crippen LogP contribution >= 0.6 is 0 Å². The second-order valence-electron chi connectivity index (χ2n) is 7.13. The summed E-state index contributed by atoms with van der Waals surface area (Å²) in [5.74, 6) is -1.07. The molecule has 4 nitrogen and oxygen atoms in total. The van der Waals surface area contributed by atoms with Gasteiger partial charge in [-0.25, -0.2) is 0 Å². The van der Waals surface area contributed by atoms with Gasteiger partial charge in [-0.05, 0) is 24.6 Å². The zero-order valence-electron chi connectivity index (χ0n) is 17.2. The maximum absolute atomic E-state index is 12.7. The normalized spacial score (nSPS) is 11.3. The Morgan fingerprint density at radius 1 is 0.966 bits per heavy atom. The van der Waals surface area contributed by atoms with Crippen molar-refractivity contribution >= 4 is 11.9 Å². The Morgan fingerprint density at radius 2 is 1.59 bits per heavy atom. The second kappa shape index (κ2) is 14.0. The van der Waals surface area contributed by atoms with Crippen LogP contribution in [0.1, 0.15) is 87.1 Å². The van der Waals surface area contributed by atoms with E-state index in [1.54, 1.807) is 0 Å². The Balaban J connectivity index is 2.10. The van der Waals surface area contributed by atoms with E-state index in [9.17, 15) is 22.8 Å². The van der Waals surface area contributed by atoms with Gasteiger partial charge in [0.05, 0.1) is 18.6 Å². The minimum Gasteiger partial charge on any atom is -0.466 e. The molecule has 7 heteroatoms. The predicted octanol–water partition coefficient (Wildman–Crippen LogP) is 5.90. The van der Waals surface area contributed by atoms with Gasteiger partial charge in [-0.2, -0.15) is 13.2 Å². The van der Waals surface area contributed by atoms with Gasteiger partial charge in [-0.15, -0.1) is 0 Å². The van der Waals surface area contributed by atoms with Crippen molar-refractivity contribution in [3.63, 3.8) is 0 Å². The molecule has 0 spiro atoms. The Kier molecular flexibility index (Phi) is 12.1. The minimum atomic E-state index is -4.50. The van der Waals surface area contributed by atoms with E-state index in [1.807, 2.05) is 0 Å². The number of carbonyl (C=O) groups excluding carboxylic acids is 2. The minimum absolute atomic E-state index is 0.0118. The molecule has 164 valence electrons. The van der Waals surface area contributed by atoms with Crippen LogP contribution in [0.4, 0.5) is 13.2 Å². The van der Waals surface area contributed by atoms with Crippen molar-refractivity contribution in [3.05, 3.63) is 35.4 Å². The largest absolute Gasteiger partial charge is 0.466 e. The third-order valence-corrected chi connectivity index (χ3v) is 4.58. The molecule has 0 aromatic heterocycles. The number of hydrogen-bond acceptors (Lipinski definition) is 3. The summed E-state index contributed by atoms with van der Waals surface area (Å²) >= 11 is 0. The van der Waals surface area contributed by atoms with Crippen LogP contribution in [0.2, 0.25) is 0 Å². The highest BCUT2D eigenvalue weighted by molar-refractivity contribution is 5.94. The molecule has 0 atom stereocenters. The van der Waals surface area contributed by atoms with E-state index in [0.717, 1.165) is 31.4 Å². The highest BCUT2D eigenvalue weighted by Crippen LogP contribution is 2.29. The van der Waals surface area contributed by atoms with Gasteiger partial charge in [0.2, 0.25) is 0 Å². The molecule has 1 amide bonds. The lowest BCUT2D eigenvalue weighted by Crippen LogP contribution is -2.27. The summed E-state index contributed by atoms with van der Waals surface area (Å²) in [5.41, 5.74) is -0.978. The maximum atomic E-state index is 12.7. The molecular weight excluding hydrogens is 383 g/mol. The summed E-state index contributed by atoms with van der Waals surface area (Å²) in [6, 6.07) is 4.17. The molecule has 0 aliphatic heterocycles. The van der Waals surface area contributed by atoms with Crippen molar-refractivity contribution in [2.75, 3.05) is 13.2 Å². The van der Waals surface area contributed by atoms with E-state index in [2.05, 4.69) is 12.2 Å². The number of esters is 1. The fourth-order valence-electron chi connectivity index (χ4n) is 2.89. The molecular formula is C22H32F3NO3. The monoisotopic (exact) mass is 415 g/mol. The summed E-state index contributed by atoms with van der Waals surface area (Å²) in [6.45, 7) is 2.58. The number of carbonyl (C=O) groups is 2. The van der Waals surface area contributed by atoms with Crippen LogP contribution in [-0.2, 0) is 15.7 Å². The first-order valence-electron chi connectivity index (χ1n) is 10.5. The first-order chi connectivity index (χ1) is 13.8. The van der Waals surface area contributed by atoms with Crippen LogP contribution in [0, 0.1) is 0 Å². The van der Waals surface area contributed by atoms with Gasteiger partial charge in [0.15, 0.2) is 0 Å². The smallest absolute Gasteiger partial charge is 0.416 e. The molecule has 1 aromatic rings. The van der Waals surface area contributed by atoms with E-state index in [1.165, 1.54) is 50.7 Å². The number of alkyl halides is 3. The van der Waals surface area contributed by atoms with Crippen LogP contribution in [0.3, 0.4) is 0 Å². The molecule has 0 heterocycles. The fraction of sp³-hybridized carbons (Fsp3) is 0.636. The van der Waals surface area contributed by atoms with Crippen molar-refractivity contribution in [2.24, 2.45) is 0 Å². The van der Waals surface area contributed by atoms with Gasteiger partial charge in [-0.1, -0.05) is 64.4 Å². The molecule has 0 aliphatic rings. The summed E-state index contributed by atoms with van der Waals surface area (Å²) < 4.78 is 43.1. The summed E-state index contributed by atoms with van der Waals surface area (Å²) in [7, 11) is 0. The highest BCUT2D eigenvalue weighted by Gasteiger charge is 2.30. The van der Waals surface area contributed by atoms with E-state index in [4.69, 9.17) is 4.74 Å². The lowest BCUT2D eigenvalue weighted by atomic mass is 10.1. The average molecular weight is 415 g/mol. The average Bonchev–Trinajstić information content (AvgIpc) is 2.68. The Morgan fingerprint density at radius 3 is 2.21 bits per heavy atom. The van der Waals surface area contributed by atoms with Crippen LogP contribution < -0.4 is 5.32 Å². The molecule has 1 rings (SSSR count). The van der Waals surface area contributed by atoms with Crippen LogP contribution in [0.15, 0.2) is 24.3 Å². The third-order valence-electron chi connectivity index (χ3n) is 4.58. The number of rotatable bonds is 14. The number of amides is 1. The highest BCUT2D eigenvalue weighted by atomic mass is 19.4. The number of unbranched alkanes of at least 4 members (excludes halogenated alkanes) is 8. The van der Waals surface area contributed by atoms with Crippen LogP contribution in [-0.4, -0.2) is 25.0 Å². The van der Waals surface area contributed by atoms with Crippen molar-refractivity contribution in [1.82, 2.24) is 5.32 Å². The lowest BCUT2D eigenvalue weighted by molar-refractivity contribution is -0.143. The fourth-order valence-corrected chi connectivity index (χ4v) is 2.89. The quantitative estimate of drug-likeness (QED) is 0.304.